The Kier molecular flexibility index (Phi) is 4.63. The first-order valence-corrected chi connectivity index (χ1v) is 7.96. The number of aromatic nitrogens is 2. The van der Waals surface area contributed by atoms with Crippen molar-refractivity contribution in [3.05, 3.63) is 15.6 Å². The number of rotatable bonds is 5. The smallest absolute Gasteiger partial charge is 0.228 e. The highest BCUT2D eigenvalue weighted by atomic mass is 35.5. The van der Waals surface area contributed by atoms with Crippen molar-refractivity contribution in [2.45, 2.75) is 40.5 Å². The SMILES string of the molecule is CCCN(CCC)c1nc(Cl)c2c(C)c(C)sc2n1. The molecule has 19 heavy (non-hydrogen) atoms. The molecule has 0 aromatic carbocycles. The number of thiophene rings is 1. The summed E-state index contributed by atoms with van der Waals surface area (Å²) in [5, 5.41) is 1.60. The van der Waals surface area contributed by atoms with Gasteiger partial charge in [0.1, 0.15) is 9.98 Å². The van der Waals surface area contributed by atoms with Crippen molar-refractivity contribution in [3.8, 4) is 0 Å². The zero-order chi connectivity index (χ0) is 14.0. The highest BCUT2D eigenvalue weighted by Gasteiger charge is 2.16. The van der Waals surface area contributed by atoms with E-state index in [-0.39, 0.29) is 0 Å². The zero-order valence-corrected chi connectivity index (χ0v) is 13.5. The van der Waals surface area contributed by atoms with Crippen LogP contribution in [0.25, 0.3) is 10.2 Å². The summed E-state index contributed by atoms with van der Waals surface area (Å²) in [6, 6.07) is 0. The molecule has 104 valence electrons. The monoisotopic (exact) mass is 297 g/mol. The van der Waals surface area contributed by atoms with Gasteiger partial charge in [-0.15, -0.1) is 11.3 Å². The van der Waals surface area contributed by atoms with Crippen LogP contribution in [0.3, 0.4) is 0 Å². The molecule has 0 atom stereocenters. The molecule has 0 spiro atoms. The van der Waals surface area contributed by atoms with Crippen LogP contribution in [0, 0.1) is 13.8 Å². The van der Waals surface area contributed by atoms with Crippen LogP contribution in [0.2, 0.25) is 5.15 Å². The second kappa shape index (κ2) is 6.06. The third-order valence-electron chi connectivity index (χ3n) is 3.24. The maximum Gasteiger partial charge on any atom is 0.228 e. The van der Waals surface area contributed by atoms with Crippen LogP contribution >= 0.6 is 22.9 Å². The number of nitrogens with zero attached hydrogens (tertiary/aromatic N) is 3. The number of aryl methyl sites for hydroxylation is 2. The lowest BCUT2D eigenvalue weighted by Gasteiger charge is -2.21. The van der Waals surface area contributed by atoms with Gasteiger partial charge in [0.2, 0.25) is 5.95 Å². The van der Waals surface area contributed by atoms with Crippen LogP contribution in [0.1, 0.15) is 37.1 Å². The van der Waals surface area contributed by atoms with Gasteiger partial charge in [-0.2, -0.15) is 0 Å². The van der Waals surface area contributed by atoms with E-state index < -0.39 is 0 Å². The summed E-state index contributed by atoms with van der Waals surface area (Å²) in [6.45, 7) is 10.5. The fraction of sp³-hybridized carbons (Fsp3) is 0.571. The number of fused-ring (bicyclic) bond motifs is 1. The third-order valence-corrected chi connectivity index (χ3v) is 4.62. The van der Waals surface area contributed by atoms with E-state index in [0.29, 0.717) is 5.15 Å². The van der Waals surface area contributed by atoms with Gasteiger partial charge in [-0.3, -0.25) is 0 Å². The highest BCUT2D eigenvalue weighted by molar-refractivity contribution is 7.18. The molecule has 0 unspecified atom stereocenters. The molecule has 0 saturated carbocycles. The lowest BCUT2D eigenvalue weighted by Crippen LogP contribution is -2.26. The van der Waals surface area contributed by atoms with Gasteiger partial charge in [0.15, 0.2) is 0 Å². The lowest BCUT2D eigenvalue weighted by molar-refractivity contribution is 0.724. The molecule has 2 rings (SSSR count). The van der Waals surface area contributed by atoms with E-state index >= 15 is 0 Å². The molecule has 0 radical (unpaired) electrons. The average Bonchev–Trinajstić information content (AvgIpc) is 2.65. The molecule has 0 aliphatic rings. The molecule has 3 nitrogen and oxygen atoms in total. The topological polar surface area (TPSA) is 29.0 Å². The van der Waals surface area contributed by atoms with Gasteiger partial charge in [-0.25, -0.2) is 9.97 Å². The minimum absolute atomic E-state index is 0.582. The summed E-state index contributed by atoms with van der Waals surface area (Å²) in [6.07, 6.45) is 2.17. The first-order chi connectivity index (χ1) is 9.08. The molecule has 2 heterocycles. The van der Waals surface area contributed by atoms with Crippen LogP contribution in [0.15, 0.2) is 0 Å². The molecule has 2 aromatic heterocycles. The van der Waals surface area contributed by atoms with Crippen molar-refractivity contribution in [2.24, 2.45) is 0 Å². The zero-order valence-electron chi connectivity index (χ0n) is 12.0. The van der Waals surface area contributed by atoms with Crippen LogP contribution in [0.4, 0.5) is 5.95 Å². The third kappa shape index (κ3) is 2.84. The van der Waals surface area contributed by atoms with Crippen LogP contribution in [-0.2, 0) is 0 Å². The molecule has 0 fully saturated rings. The molecule has 0 N–H and O–H groups in total. The summed E-state index contributed by atoms with van der Waals surface area (Å²) in [5.74, 6) is 0.766. The second-order valence-electron chi connectivity index (χ2n) is 4.76. The van der Waals surface area contributed by atoms with Crippen molar-refractivity contribution < 1.29 is 0 Å². The minimum atomic E-state index is 0.582. The van der Waals surface area contributed by atoms with Crippen LogP contribution in [-0.4, -0.2) is 23.1 Å². The van der Waals surface area contributed by atoms with Crippen molar-refractivity contribution >= 4 is 39.1 Å². The molecule has 0 bridgehead atoms. The van der Waals surface area contributed by atoms with Crippen molar-refractivity contribution in [3.63, 3.8) is 0 Å². The molecule has 2 aromatic rings. The average molecular weight is 298 g/mol. The maximum absolute atomic E-state index is 6.35. The van der Waals surface area contributed by atoms with Gasteiger partial charge >= 0.3 is 0 Å². The van der Waals surface area contributed by atoms with Gasteiger partial charge in [0, 0.05) is 18.0 Å². The minimum Gasteiger partial charge on any atom is -0.341 e. The number of hydrogen-bond donors (Lipinski definition) is 0. The van der Waals surface area contributed by atoms with Gasteiger partial charge in [0.25, 0.3) is 0 Å². The Labute approximate surface area is 123 Å². The molecule has 0 amide bonds. The van der Waals surface area contributed by atoms with Gasteiger partial charge in [-0.1, -0.05) is 25.4 Å². The quantitative estimate of drug-likeness (QED) is 0.756. The van der Waals surface area contributed by atoms with Crippen LogP contribution < -0.4 is 4.90 Å². The van der Waals surface area contributed by atoms with E-state index in [4.69, 9.17) is 16.6 Å². The van der Waals surface area contributed by atoms with Crippen molar-refractivity contribution in [1.82, 2.24) is 9.97 Å². The van der Waals surface area contributed by atoms with Crippen molar-refractivity contribution in [2.75, 3.05) is 18.0 Å². The summed E-state index contributed by atoms with van der Waals surface area (Å²) in [5.41, 5.74) is 1.20. The van der Waals surface area contributed by atoms with E-state index in [1.807, 2.05) is 0 Å². The molecule has 0 aliphatic carbocycles. The normalized spacial score (nSPS) is 11.2. The van der Waals surface area contributed by atoms with E-state index in [2.05, 4.69) is 37.6 Å². The van der Waals surface area contributed by atoms with E-state index in [0.717, 1.165) is 42.1 Å². The Hall–Kier alpha value is -0.870. The standard InChI is InChI=1S/C14H20ClN3S/c1-5-7-18(8-6-2)14-16-12(15)11-9(3)10(4)19-13(11)17-14/h5-8H2,1-4H3. The summed E-state index contributed by atoms with van der Waals surface area (Å²) < 4.78 is 0. The molecule has 5 heteroatoms. The van der Waals surface area contributed by atoms with E-state index in [1.54, 1.807) is 11.3 Å². The Bertz CT molecular complexity index is 574. The first-order valence-electron chi connectivity index (χ1n) is 6.76. The van der Waals surface area contributed by atoms with E-state index in [1.165, 1.54) is 10.4 Å². The van der Waals surface area contributed by atoms with E-state index in [9.17, 15) is 0 Å². The fourth-order valence-corrected chi connectivity index (χ4v) is 3.57. The second-order valence-corrected chi connectivity index (χ2v) is 6.33. The van der Waals surface area contributed by atoms with Gasteiger partial charge in [-0.05, 0) is 32.3 Å². The predicted octanol–water partition coefficient (Wildman–Crippen LogP) is 4.59. The Balaban J connectivity index is 2.50. The Morgan fingerprint density at radius 1 is 1.11 bits per heavy atom. The summed E-state index contributed by atoms with van der Waals surface area (Å²) in [4.78, 5) is 13.7. The summed E-state index contributed by atoms with van der Waals surface area (Å²) in [7, 11) is 0. The fourth-order valence-electron chi connectivity index (χ4n) is 2.18. The molecular formula is C14H20ClN3S. The van der Waals surface area contributed by atoms with Crippen LogP contribution in [0.5, 0.6) is 0 Å². The number of halogens is 1. The molecular weight excluding hydrogens is 278 g/mol. The maximum atomic E-state index is 6.35. The molecule has 0 saturated heterocycles. The predicted molar refractivity (Wildman–Crippen MR) is 84.7 cm³/mol. The first kappa shape index (κ1) is 14.5. The largest absolute Gasteiger partial charge is 0.341 e. The number of anilines is 1. The number of hydrogen-bond acceptors (Lipinski definition) is 4. The summed E-state index contributed by atoms with van der Waals surface area (Å²) >= 11 is 8.05. The lowest BCUT2D eigenvalue weighted by atomic mass is 10.2. The van der Waals surface area contributed by atoms with Gasteiger partial charge in [0.05, 0.1) is 5.39 Å². The highest BCUT2D eigenvalue weighted by Crippen LogP contribution is 2.34. The Morgan fingerprint density at radius 2 is 1.74 bits per heavy atom. The van der Waals surface area contributed by atoms with Crippen molar-refractivity contribution in [1.29, 1.82) is 0 Å². The van der Waals surface area contributed by atoms with Gasteiger partial charge < -0.3 is 4.90 Å². The Morgan fingerprint density at radius 3 is 2.32 bits per heavy atom. The molecule has 0 aliphatic heterocycles.